The van der Waals surface area contributed by atoms with Gasteiger partial charge in [-0.2, -0.15) is 13.2 Å². The molecular formula is C9H5F3I2O. The highest BCUT2D eigenvalue weighted by Gasteiger charge is 2.31. The summed E-state index contributed by atoms with van der Waals surface area (Å²) in [5.74, 6) is -0.890. The highest BCUT2D eigenvalue weighted by atomic mass is 127. The summed E-state index contributed by atoms with van der Waals surface area (Å²) in [6, 6.07) is 4.69. The molecule has 0 saturated carbocycles. The van der Waals surface area contributed by atoms with Crippen molar-refractivity contribution in [2.24, 2.45) is 0 Å². The third-order valence-electron chi connectivity index (χ3n) is 1.55. The molecule has 0 aliphatic heterocycles. The van der Waals surface area contributed by atoms with Gasteiger partial charge in [0.25, 0.3) is 0 Å². The molecule has 1 rings (SSSR count). The second-order valence-corrected chi connectivity index (χ2v) is 5.36. The number of Topliss-reactive ketones (excluding diaryl/α,β-unsaturated/α-hetero) is 1. The summed E-state index contributed by atoms with van der Waals surface area (Å²) >= 11 is 3.93. The Morgan fingerprint density at radius 2 is 1.60 bits per heavy atom. The van der Waals surface area contributed by atoms with E-state index in [1.54, 1.807) is 6.07 Å². The Balaban J connectivity index is 2.92. The van der Waals surface area contributed by atoms with Gasteiger partial charge in [-0.25, -0.2) is 0 Å². The molecule has 6 heteroatoms. The molecule has 0 spiro atoms. The normalized spacial score (nSPS) is 11.5. The van der Waals surface area contributed by atoms with E-state index in [1.807, 2.05) is 45.2 Å². The lowest BCUT2D eigenvalue weighted by molar-refractivity contribution is -0.125. The maximum atomic E-state index is 12.0. The van der Waals surface area contributed by atoms with E-state index in [9.17, 15) is 18.0 Å². The van der Waals surface area contributed by atoms with Crippen LogP contribution < -0.4 is 0 Å². The Kier molecular flexibility index (Phi) is 4.38. The van der Waals surface area contributed by atoms with E-state index in [0.717, 1.165) is 7.14 Å². The van der Waals surface area contributed by atoms with Crippen LogP contribution in [-0.4, -0.2) is 12.0 Å². The van der Waals surface area contributed by atoms with Crippen LogP contribution in [0.3, 0.4) is 0 Å². The van der Waals surface area contributed by atoms with Crippen LogP contribution in [0.4, 0.5) is 13.2 Å². The Hall–Kier alpha value is 0.140. The maximum Gasteiger partial charge on any atom is 0.396 e. The zero-order valence-corrected chi connectivity index (χ0v) is 11.6. The fourth-order valence-corrected chi connectivity index (χ4v) is 2.94. The van der Waals surface area contributed by atoms with Gasteiger partial charge in [0.2, 0.25) is 0 Å². The van der Waals surface area contributed by atoms with Crippen LogP contribution in [-0.2, 0) is 0 Å². The summed E-state index contributed by atoms with van der Waals surface area (Å²) in [4.78, 5) is 11.2. The van der Waals surface area contributed by atoms with Crippen molar-refractivity contribution in [1.82, 2.24) is 0 Å². The zero-order chi connectivity index (χ0) is 11.6. The number of benzene rings is 1. The molecule has 0 saturated heterocycles. The predicted molar refractivity (Wildman–Crippen MR) is 66.9 cm³/mol. The van der Waals surface area contributed by atoms with Crippen molar-refractivity contribution in [2.45, 2.75) is 12.6 Å². The van der Waals surface area contributed by atoms with E-state index in [2.05, 4.69) is 0 Å². The van der Waals surface area contributed by atoms with Crippen LogP contribution in [0.1, 0.15) is 16.8 Å². The van der Waals surface area contributed by atoms with Gasteiger partial charge >= 0.3 is 6.18 Å². The summed E-state index contributed by atoms with van der Waals surface area (Å²) in [7, 11) is 0. The van der Waals surface area contributed by atoms with Gasteiger partial charge in [0.15, 0.2) is 5.78 Å². The van der Waals surface area contributed by atoms with Gasteiger partial charge in [0.1, 0.15) is 6.42 Å². The van der Waals surface area contributed by atoms with Crippen LogP contribution >= 0.6 is 45.2 Å². The molecule has 0 fully saturated rings. The van der Waals surface area contributed by atoms with Crippen molar-refractivity contribution in [3.05, 3.63) is 30.9 Å². The first kappa shape index (κ1) is 13.2. The smallest absolute Gasteiger partial charge is 0.294 e. The average Bonchev–Trinajstić information content (AvgIpc) is 1.98. The van der Waals surface area contributed by atoms with Crippen LogP contribution in [0.25, 0.3) is 0 Å². The molecule has 0 radical (unpaired) electrons. The van der Waals surface area contributed by atoms with E-state index in [0.29, 0.717) is 0 Å². The number of hydrogen-bond donors (Lipinski definition) is 0. The predicted octanol–water partition coefficient (Wildman–Crippen LogP) is 4.03. The van der Waals surface area contributed by atoms with Crippen molar-refractivity contribution in [3.8, 4) is 0 Å². The first-order valence-electron chi connectivity index (χ1n) is 3.84. The number of carbonyl (C=O) groups is 1. The molecule has 0 unspecified atom stereocenters. The Morgan fingerprint density at radius 1 is 1.13 bits per heavy atom. The lowest BCUT2D eigenvalue weighted by Gasteiger charge is -2.06. The summed E-state index contributed by atoms with van der Waals surface area (Å²) < 4.78 is 37.4. The van der Waals surface area contributed by atoms with E-state index < -0.39 is 18.4 Å². The van der Waals surface area contributed by atoms with Gasteiger partial charge < -0.3 is 0 Å². The number of alkyl halides is 3. The zero-order valence-electron chi connectivity index (χ0n) is 7.24. The molecule has 1 aromatic rings. The van der Waals surface area contributed by atoms with E-state index in [1.165, 1.54) is 12.1 Å². The topological polar surface area (TPSA) is 17.1 Å². The van der Waals surface area contributed by atoms with Crippen molar-refractivity contribution in [1.29, 1.82) is 0 Å². The minimum Gasteiger partial charge on any atom is -0.294 e. The Labute approximate surface area is 112 Å². The van der Waals surface area contributed by atoms with E-state index in [4.69, 9.17) is 0 Å². The van der Waals surface area contributed by atoms with E-state index in [-0.39, 0.29) is 5.56 Å². The largest absolute Gasteiger partial charge is 0.396 e. The second-order valence-electron chi connectivity index (χ2n) is 2.87. The van der Waals surface area contributed by atoms with Crippen molar-refractivity contribution >= 4 is 51.0 Å². The average molecular weight is 440 g/mol. The molecule has 0 aliphatic rings. The van der Waals surface area contributed by atoms with Gasteiger partial charge in [0.05, 0.1) is 0 Å². The fourth-order valence-electron chi connectivity index (χ4n) is 0.999. The molecule has 15 heavy (non-hydrogen) atoms. The fraction of sp³-hybridized carbons (Fsp3) is 0.222. The number of rotatable bonds is 2. The van der Waals surface area contributed by atoms with Crippen molar-refractivity contribution in [2.75, 3.05) is 0 Å². The van der Waals surface area contributed by atoms with Gasteiger partial charge in [0, 0.05) is 12.7 Å². The van der Waals surface area contributed by atoms with Crippen LogP contribution in [0, 0.1) is 7.14 Å². The molecule has 1 aromatic carbocycles. The lowest BCUT2D eigenvalue weighted by Crippen LogP contribution is -2.15. The standard InChI is InChI=1S/C9H5F3I2O/c10-9(11,12)4-8(15)5-1-6(13)3-7(14)2-5/h1-3H,4H2. The highest BCUT2D eigenvalue weighted by Crippen LogP contribution is 2.23. The summed E-state index contributed by atoms with van der Waals surface area (Å²) in [6.45, 7) is 0. The molecule has 1 nitrogen and oxygen atoms in total. The third-order valence-corrected chi connectivity index (χ3v) is 2.79. The maximum absolute atomic E-state index is 12.0. The number of ketones is 1. The summed E-state index contributed by atoms with van der Waals surface area (Å²) in [5.41, 5.74) is 0.114. The molecule has 0 aliphatic carbocycles. The van der Waals surface area contributed by atoms with Crippen molar-refractivity contribution < 1.29 is 18.0 Å². The Morgan fingerprint density at radius 3 is 2.00 bits per heavy atom. The molecular weight excluding hydrogens is 435 g/mol. The number of halogens is 5. The Bertz CT molecular complexity index is 367. The molecule has 82 valence electrons. The number of hydrogen-bond acceptors (Lipinski definition) is 1. The van der Waals surface area contributed by atoms with Gasteiger partial charge in [-0.15, -0.1) is 0 Å². The first-order valence-corrected chi connectivity index (χ1v) is 6.00. The second kappa shape index (κ2) is 4.98. The van der Waals surface area contributed by atoms with E-state index >= 15 is 0 Å². The van der Waals surface area contributed by atoms with Gasteiger partial charge in [-0.3, -0.25) is 4.79 Å². The molecule has 0 heterocycles. The molecule has 0 amide bonds. The quantitative estimate of drug-likeness (QED) is 0.502. The third kappa shape index (κ3) is 4.66. The van der Waals surface area contributed by atoms with Crippen LogP contribution in [0.5, 0.6) is 0 Å². The van der Waals surface area contributed by atoms with Gasteiger partial charge in [-0.1, -0.05) is 0 Å². The molecule has 0 bridgehead atoms. The van der Waals surface area contributed by atoms with Gasteiger partial charge in [-0.05, 0) is 63.4 Å². The van der Waals surface area contributed by atoms with Crippen LogP contribution in [0.2, 0.25) is 0 Å². The molecule has 0 aromatic heterocycles. The summed E-state index contributed by atoms with van der Waals surface area (Å²) in [6.07, 6.45) is -5.84. The molecule has 0 atom stereocenters. The highest BCUT2D eigenvalue weighted by molar-refractivity contribution is 14.1. The minimum atomic E-state index is -4.44. The SMILES string of the molecule is O=C(CC(F)(F)F)c1cc(I)cc(I)c1. The monoisotopic (exact) mass is 440 g/mol. The summed E-state index contributed by atoms with van der Waals surface area (Å²) in [5, 5.41) is 0. The first-order chi connectivity index (χ1) is 6.78. The van der Waals surface area contributed by atoms with Crippen molar-refractivity contribution in [3.63, 3.8) is 0 Å². The minimum absolute atomic E-state index is 0.114. The lowest BCUT2D eigenvalue weighted by atomic mass is 10.1. The molecule has 0 N–H and O–H groups in total. The number of carbonyl (C=O) groups excluding carboxylic acids is 1. The van der Waals surface area contributed by atoms with Crippen LogP contribution in [0.15, 0.2) is 18.2 Å².